The van der Waals surface area contributed by atoms with Crippen molar-refractivity contribution in [3.63, 3.8) is 0 Å². The normalized spacial score (nSPS) is 9.90. The molecule has 0 aliphatic heterocycles. The molecule has 2 N–H and O–H groups in total. The molecule has 0 spiro atoms. The van der Waals surface area contributed by atoms with Crippen LogP contribution in [-0.4, -0.2) is 16.8 Å². The van der Waals surface area contributed by atoms with Gasteiger partial charge in [-0.15, -0.1) is 11.8 Å². The Bertz CT molecular complexity index is 645. The van der Waals surface area contributed by atoms with Crippen LogP contribution in [0.2, 0.25) is 0 Å². The lowest BCUT2D eigenvalue weighted by molar-refractivity contribution is -0.113. The third kappa shape index (κ3) is 4.63. The molecule has 1 amide bonds. The van der Waals surface area contributed by atoms with Crippen molar-refractivity contribution in [2.45, 2.75) is 11.5 Å². The van der Waals surface area contributed by atoms with Crippen LogP contribution < -0.4 is 5.32 Å². The van der Waals surface area contributed by atoms with Crippen molar-refractivity contribution < 1.29 is 9.90 Å². The van der Waals surface area contributed by atoms with Crippen LogP contribution in [0, 0.1) is 11.3 Å². The molecule has 0 aliphatic carbocycles. The standard InChI is InChI=1S/C16H14N2O2S/c17-9-12-1-5-14(6-2-12)18-16(20)11-21-15-7-3-13(10-19)4-8-15/h1-8,19H,10-11H2,(H,18,20). The zero-order valence-corrected chi connectivity index (χ0v) is 12.1. The van der Waals surface area contributed by atoms with Crippen LogP contribution in [0.1, 0.15) is 11.1 Å². The number of hydrogen-bond acceptors (Lipinski definition) is 4. The van der Waals surface area contributed by atoms with Crippen LogP contribution in [0.3, 0.4) is 0 Å². The number of carbonyl (C=O) groups is 1. The number of nitrogens with zero attached hydrogens (tertiary/aromatic N) is 1. The first-order valence-electron chi connectivity index (χ1n) is 6.34. The van der Waals surface area contributed by atoms with Gasteiger partial charge < -0.3 is 10.4 Å². The second-order valence-corrected chi connectivity index (χ2v) is 5.38. The Morgan fingerprint density at radius 3 is 2.38 bits per heavy atom. The SMILES string of the molecule is N#Cc1ccc(NC(=O)CSc2ccc(CO)cc2)cc1. The number of nitrogens with one attached hydrogen (secondary N) is 1. The van der Waals surface area contributed by atoms with E-state index in [-0.39, 0.29) is 12.5 Å². The Labute approximate surface area is 127 Å². The van der Waals surface area contributed by atoms with Gasteiger partial charge in [-0.1, -0.05) is 12.1 Å². The Morgan fingerprint density at radius 2 is 1.81 bits per heavy atom. The van der Waals surface area contributed by atoms with Gasteiger partial charge in [-0.05, 0) is 42.0 Å². The summed E-state index contributed by atoms with van der Waals surface area (Å²) in [5, 5.41) is 20.4. The van der Waals surface area contributed by atoms with E-state index in [9.17, 15) is 4.79 Å². The summed E-state index contributed by atoms with van der Waals surface area (Å²) in [5.41, 5.74) is 2.09. The number of carbonyl (C=O) groups excluding carboxylic acids is 1. The van der Waals surface area contributed by atoms with Gasteiger partial charge in [0.05, 0.1) is 24.0 Å². The van der Waals surface area contributed by atoms with Crippen LogP contribution in [0.25, 0.3) is 0 Å². The molecule has 4 nitrogen and oxygen atoms in total. The minimum absolute atomic E-state index is 0.0180. The Morgan fingerprint density at radius 1 is 1.14 bits per heavy atom. The zero-order chi connectivity index (χ0) is 15.1. The minimum atomic E-state index is -0.101. The van der Waals surface area contributed by atoms with Crippen LogP contribution in [0.4, 0.5) is 5.69 Å². The Balaban J connectivity index is 1.85. The van der Waals surface area contributed by atoms with Crippen LogP contribution in [-0.2, 0) is 11.4 Å². The van der Waals surface area contributed by atoms with E-state index >= 15 is 0 Å². The first-order chi connectivity index (χ1) is 10.2. The molecule has 0 aliphatic rings. The Hall–Kier alpha value is -2.29. The summed E-state index contributed by atoms with van der Waals surface area (Å²) in [6.45, 7) is 0.0180. The summed E-state index contributed by atoms with van der Waals surface area (Å²) >= 11 is 1.43. The maximum atomic E-state index is 11.8. The van der Waals surface area contributed by atoms with Crippen molar-refractivity contribution in [3.05, 3.63) is 59.7 Å². The van der Waals surface area contributed by atoms with Crippen LogP contribution in [0.15, 0.2) is 53.4 Å². The van der Waals surface area contributed by atoms with E-state index in [1.165, 1.54) is 11.8 Å². The van der Waals surface area contributed by atoms with E-state index in [1.54, 1.807) is 24.3 Å². The molecule has 106 valence electrons. The number of rotatable bonds is 5. The summed E-state index contributed by atoms with van der Waals surface area (Å²) < 4.78 is 0. The van der Waals surface area contributed by atoms with Crippen molar-refractivity contribution in [1.82, 2.24) is 0 Å². The average molecular weight is 298 g/mol. The van der Waals surface area contributed by atoms with E-state index in [0.29, 0.717) is 17.0 Å². The third-order valence-electron chi connectivity index (χ3n) is 2.77. The van der Waals surface area contributed by atoms with Gasteiger partial charge in [0.25, 0.3) is 0 Å². The quantitative estimate of drug-likeness (QED) is 0.833. The summed E-state index contributed by atoms with van der Waals surface area (Å²) in [4.78, 5) is 12.8. The van der Waals surface area contributed by atoms with Gasteiger partial charge in [-0.2, -0.15) is 5.26 Å². The van der Waals surface area contributed by atoms with Crippen molar-refractivity contribution in [2.24, 2.45) is 0 Å². The smallest absolute Gasteiger partial charge is 0.234 e. The second-order valence-electron chi connectivity index (χ2n) is 4.33. The number of aliphatic hydroxyl groups excluding tert-OH is 1. The van der Waals surface area contributed by atoms with Gasteiger partial charge in [0.1, 0.15) is 0 Å². The number of anilines is 1. The highest BCUT2D eigenvalue weighted by atomic mass is 32.2. The number of hydrogen-bond donors (Lipinski definition) is 2. The number of amides is 1. The largest absolute Gasteiger partial charge is 0.392 e. The lowest BCUT2D eigenvalue weighted by Gasteiger charge is -2.05. The van der Waals surface area contributed by atoms with Crippen molar-refractivity contribution in [3.8, 4) is 6.07 Å². The lowest BCUT2D eigenvalue weighted by atomic mass is 10.2. The number of aliphatic hydroxyl groups is 1. The summed E-state index contributed by atoms with van der Waals surface area (Å²) in [5.74, 6) is 0.203. The maximum Gasteiger partial charge on any atom is 0.234 e. The molecule has 0 atom stereocenters. The van der Waals surface area contributed by atoms with E-state index in [2.05, 4.69) is 5.32 Å². The molecule has 0 heterocycles. The fraction of sp³-hybridized carbons (Fsp3) is 0.125. The van der Waals surface area contributed by atoms with Gasteiger partial charge in [-0.25, -0.2) is 0 Å². The van der Waals surface area contributed by atoms with Crippen LogP contribution >= 0.6 is 11.8 Å². The number of benzene rings is 2. The molecule has 0 aromatic heterocycles. The third-order valence-corrected chi connectivity index (χ3v) is 3.79. The summed E-state index contributed by atoms with van der Waals surface area (Å²) in [6, 6.07) is 16.2. The van der Waals surface area contributed by atoms with Crippen molar-refractivity contribution in [1.29, 1.82) is 5.26 Å². The summed E-state index contributed by atoms with van der Waals surface area (Å²) in [6.07, 6.45) is 0. The first kappa shape index (κ1) is 15.1. The number of thioether (sulfide) groups is 1. The highest BCUT2D eigenvalue weighted by Gasteiger charge is 2.04. The lowest BCUT2D eigenvalue weighted by Crippen LogP contribution is -2.13. The topological polar surface area (TPSA) is 73.1 Å². The average Bonchev–Trinajstić information content (AvgIpc) is 2.54. The predicted octanol–water partition coefficient (Wildman–Crippen LogP) is 2.78. The zero-order valence-electron chi connectivity index (χ0n) is 11.2. The van der Waals surface area contributed by atoms with Gasteiger partial charge in [0, 0.05) is 10.6 Å². The van der Waals surface area contributed by atoms with Gasteiger partial charge in [0.15, 0.2) is 0 Å². The van der Waals surface area contributed by atoms with Gasteiger partial charge in [-0.3, -0.25) is 4.79 Å². The van der Waals surface area contributed by atoms with E-state index < -0.39 is 0 Å². The molecule has 2 rings (SSSR count). The van der Waals surface area contributed by atoms with Gasteiger partial charge in [0.2, 0.25) is 5.91 Å². The molecule has 5 heteroatoms. The molecular formula is C16H14N2O2S. The monoisotopic (exact) mass is 298 g/mol. The molecule has 0 unspecified atom stereocenters. The molecule has 0 radical (unpaired) electrons. The second kappa shape index (κ2) is 7.48. The van der Waals surface area contributed by atoms with Crippen LogP contribution in [0.5, 0.6) is 0 Å². The van der Waals surface area contributed by atoms with Gasteiger partial charge >= 0.3 is 0 Å². The molecule has 0 saturated heterocycles. The molecule has 2 aromatic carbocycles. The molecule has 0 saturated carbocycles. The fourth-order valence-corrected chi connectivity index (χ4v) is 2.36. The fourth-order valence-electron chi connectivity index (χ4n) is 1.67. The number of nitriles is 1. The molecule has 21 heavy (non-hydrogen) atoms. The highest BCUT2D eigenvalue weighted by Crippen LogP contribution is 2.19. The summed E-state index contributed by atoms with van der Waals surface area (Å²) in [7, 11) is 0. The first-order valence-corrected chi connectivity index (χ1v) is 7.32. The van der Waals surface area contributed by atoms with Crippen molar-refractivity contribution >= 4 is 23.4 Å². The van der Waals surface area contributed by atoms with E-state index in [0.717, 1.165) is 10.5 Å². The molecule has 0 fully saturated rings. The molecule has 2 aromatic rings. The van der Waals surface area contributed by atoms with E-state index in [1.807, 2.05) is 30.3 Å². The minimum Gasteiger partial charge on any atom is -0.392 e. The molecular weight excluding hydrogens is 284 g/mol. The van der Waals surface area contributed by atoms with E-state index in [4.69, 9.17) is 10.4 Å². The predicted molar refractivity (Wildman–Crippen MR) is 82.9 cm³/mol. The highest BCUT2D eigenvalue weighted by molar-refractivity contribution is 8.00. The van der Waals surface area contributed by atoms with Crippen molar-refractivity contribution in [2.75, 3.05) is 11.1 Å². The maximum absolute atomic E-state index is 11.8. The Kier molecular flexibility index (Phi) is 5.38. The molecule has 0 bridgehead atoms.